The quantitative estimate of drug-likeness (QED) is 0.385. The number of aromatic nitrogens is 3. The van der Waals surface area contributed by atoms with Crippen molar-refractivity contribution in [2.75, 3.05) is 0 Å². The van der Waals surface area contributed by atoms with E-state index in [1.165, 1.54) is 11.3 Å². The molecule has 3 aromatic heterocycles. The monoisotopic (exact) mass is 460 g/mol. The Balaban J connectivity index is 1.43. The van der Waals surface area contributed by atoms with E-state index in [9.17, 15) is 9.59 Å². The Kier molecular flexibility index (Phi) is 5.32. The largest absolute Gasteiger partial charge is 0.328 e. The van der Waals surface area contributed by atoms with Crippen LogP contribution in [0.25, 0.3) is 31.0 Å². The minimum absolute atomic E-state index is 0.0627. The zero-order chi connectivity index (χ0) is 22.2. The molecule has 6 nitrogen and oxygen atoms in total. The highest BCUT2D eigenvalue weighted by Gasteiger charge is 2.23. The molecule has 0 unspecified atom stereocenters. The maximum Gasteiger partial charge on any atom is 0.264 e. The van der Waals surface area contributed by atoms with Gasteiger partial charge < -0.3 is 9.88 Å². The maximum absolute atomic E-state index is 13.4. The fourth-order valence-corrected chi connectivity index (χ4v) is 5.53. The molecule has 0 bridgehead atoms. The van der Waals surface area contributed by atoms with E-state index in [-0.39, 0.29) is 24.1 Å². The lowest BCUT2D eigenvalue weighted by Gasteiger charge is -2.25. The molecule has 5 aromatic rings. The van der Waals surface area contributed by atoms with Gasteiger partial charge in [-0.1, -0.05) is 24.3 Å². The standard InChI is InChI=1S/C24H20N4O2S2/c1-14(2)28(13-21-25-16-8-4-3-7-15(16)22(29)27-21)24(30)20-12-11-19(31-20)23-26-17-9-5-6-10-18(17)32-23/h3-12,14H,13H2,1-2H3,(H,25,27,29). The normalized spacial score (nSPS) is 11.5. The van der Waals surface area contributed by atoms with Crippen molar-refractivity contribution in [2.24, 2.45) is 0 Å². The first-order chi connectivity index (χ1) is 15.5. The number of nitrogens with zero attached hydrogens (tertiary/aromatic N) is 3. The Morgan fingerprint density at radius 2 is 1.72 bits per heavy atom. The summed E-state index contributed by atoms with van der Waals surface area (Å²) in [4.78, 5) is 41.2. The zero-order valence-corrected chi connectivity index (χ0v) is 19.2. The Morgan fingerprint density at radius 3 is 2.50 bits per heavy atom. The topological polar surface area (TPSA) is 79.0 Å². The second-order valence-electron chi connectivity index (χ2n) is 7.71. The number of para-hydroxylation sites is 2. The van der Waals surface area contributed by atoms with E-state index in [1.807, 2.05) is 62.4 Å². The molecule has 8 heteroatoms. The molecule has 0 aliphatic heterocycles. The van der Waals surface area contributed by atoms with Crippen molar-refractivity contribution in [3.8, 4) is 9.88 Å². The summed E-state index contributed by atoms with van der Waals surface area (Å²) in [7, 11) is 0. The molecule has 5 rings (SSSR count). The number of rotatable bonds is 5. The Hall–Kier alpha value is -3.36. The van der Waals surface area contributed by atoms with Crippen LogP contribution < -0.4 is 5.56 Å². The van der Waals surface area contributed by atoms with Gasteiger partial charge in [-0.3, -0.25) is 9.59 Å². The van der Waals surface area contributed by atoms with Crippen LogP contribution in [0.1, 0.15) is 29.3 Å². The molecule has 32 heavy (non-hydrogen) atoms. The maximum atomic E-state index is 13.4. The smallest absolute Gasteiger partial charge is 0.264 e. The predicted octanol–water partition coefficient (Wildman–Crippen LogP) is 5.31. The van der Waals surface area contributed by atoms with Crippen LogP contribution >= 0.6 is 22.7 Å². The molecule has 2 aromatic carbocycles. The van der Waals surface area contributed by atoms with Gasteiger partial charge in [-0.2, -0.15) is 0 Å². The van der Waals surface area contributed by atoms with Gasteiger partial charge in [-0.05, 0) is 50.2 Å². The highest BCUT2D eigenvalue weighted by molar-refractivity contribution is 7.26. The van der Waals surface area contributed by atoms with Crippen LogP contribution in [0, 0.1) is 0 Å². The first-order valence-electron chi connectivity index (χ1n) is 10.2. The fraction of sp³-hybridized carbons (Fsp3) is 0.167. The van der Waals surface area contributed by atoms with Gasteiger partial charge in [-0.15, -0.1) is 22.7 Å². The van der Waals surface area contributed by atoms with E-state index in [2.05, 4.69) is 9.97 Å². The Bertz CT molecular complexity index is 1470. The number of thiazole rings is 1. The lowest BCUT2D eigenvalue weighted by Crippen LogP contribution is -2.37. The molecule has 0 aliphatic rings. The van der Waals surface area contributed by atoms with E-state index in [4.69, 9.17) is 4.98 Å². The number of benzene rings is 2. The van der Waals surface area contributed by atoms with Crippen molar-refractivity contribution in [3.63, 3.8) is 0 Å². The first kappa shape index (κ1) is 20.5. The minimum Gasteiger partial charge on any atom is -0.328 e. The molecule has 160 valence electrons. The highest BCUT2D eigenvalue weighted by Crippen LogP contribution is 2.35. The molecule has 0 saturated heterocycles. The molecule has 0 atom stereocenters. The van der Waals surface area contributed by atoms with Crippen LogP contribution in [-0.2, 0) is 6.54 Å². The second kappa shape index (κ2) is 8.29. The number of nitrogens with one attached hydrogen (secondary N) is 1. The molecule has 0 spiro atoms. The third-order valence-electron chi connectivity index (χ3n) is 5.19. The molecular formula is C24H20N4O2S2. The molecular weight excluding hydrogens is 440 g/mol. The van der Waals surface area contributed by atoms with Gasteiger partial charge in [-0.25, -0.2) is 9.97 Å². The van der Waals surface area contributed by atoms with Crippen LogP contribution in [0.5, 0.6) is 0 Å². The fourth-order valence-electron chi connectivity index (χ4n) is 3.55. The summed E-state index contributed by atoms with van der Waals surface area (Å²) < 4.78 is 1.12. The van der Waals surface area contributed by atoms with Crippen LogP contribution in [0.15, 0.2) is 65.5 Å². The zero-order valence-electron chi connectivity index (χ0n) is 17.5. The lowest BCUT2D eigenvalue weighted by molar-refractivity contribution is 0.0690. The van der Waals surface area contributed by atoms with E-state index in [0.29, 0.717) is 21.6 Å². The van der Waals surface area contributed by atoms with Crippen LogP contribution in [0.2, 0.25) is 0 Å². The minimum atomic E-state index is -0.198. The average Bonchev–Trinajstić information content (AvgIpc) is 3.44. The Morgan fingerprint density at radius 1 is 0.969 bits per heavy atom. The van der Waals surface area contributed by atoms with Gasteiger partial charge in [0.1, 0.15) is 10.8 Å². The number of aromatic amines is 1. The van der Waals surface area contributed by atoms with E-state index >= 15 is 0 Å². The third-order valence-corrected chi connectivity index (χ3v) is 7.47. The number of thiophene rings is 1. The number of H-pyrrole nitrogens is 1. The molecule has 1 amide bonds. The van der Waals surface area contributed by atoms with E-state index in [0.717, 1.165) is 20.1 Å². The van der Waals surface area contributed by atoms with Crippen molar-refractivity contribution in [1.82, 2.24) is 19.9 Å². The van der Waals surface area contributed by atoms with Crippen molar-refractivity contribution in [1.29, 1.82) is 0 Å². The summed E-state index contributed by atoms with van der Waals surface area (Å²) in [6.45, 7) is 4.14. The number of carbonyl (C=O) groups is 1. The second-order valence-corrected chi connectivity index (χ2v) is 9.82. The van der Waals surface area contributed by atoms with Crippen molar-refractivity contribution < 1.29 is 4.79 Å². The van der Waals surface area contributed by atoms with Gasteiger partial charge >= 0.3 is 0 Å². The highest BCUT2D eigenvalue weighted by atomic mass is 32.1. The molecule has 0 aliphatic carbocycles. The summed E-state index contributed by atoms with van der Waals surface area (Å²) in [6.07, 6.45) is 0. The lowest BCUT2D eigenvalue weighted by atomic mass is 10.2. The molecule has 0 radical (unpaired) electrons. The van der Waals surface area contributed by atoms with E-state index < -0.39 is 0 Å². The summed E-state index contributed by atoms with van der Waals surface area (Å²) in [5, 5.41) is 1.45. The number of hydrogen-bond donors (Lipinski definition) is 1. The van der Waals surface area contributed by atoms with E-state index in [1.54, 1.807) is 28.4 Å². The molecule has 3 heterocycles. The summed E-state index contributed by atoms with van der Waals surface area (Å²) in [5.74, 6) is 0.381. The predicted molar refractivity (Wildman–Crippen MR) is 130 cm³/mol. The molecule has 0 fully saturated rings. The van der Waals surface area contributed by atoms with Crippen LogP contribution in [-0.4, -0.2) is 31.8 Å². The number of amides is 1. The van der Waals surface area contributed by atoms with Gasteiger partial charge in [0.2, 0.25) is 0 Å². The molecule has 0 saturated carbocycles. The third kappa shape index (κ3) is 3.83. The SMILES string of the molecule is CC(C)N(Cc1nc2ccccc2c(=O)[nH]1)C(=O)c1ccc(-c2nc3ccccc3s2)s1. The van der Waals surface area contributed by atoms with Crippen molar-refractivity contribution in [3.05, 3.63) is 81.7 Å². The van der Waals surface area contributed by atoms with Gasteiger partial charge in [0.05, 0.1) is 37.4 Å². The number of carbonyl (C=O) groups excluding carboxylic acids is 1. The number of fused-ring (bicyclic) bond motifs is 2. The summed E-state index contributed by atoms with van der Waals surface area (Å²) >= 11 is 3.06. The van der Waals surface area contributed by atoms with Crippen LogP contribution in [0.4, 0.5) is 0 Å². The van der Waals surface area contributed by atoms with Crippen molar-refractivity contribution >= 4 is 49.7 Å². The van der Waals surface area contributed by atoms with Gasteiger partial charge in [0.25, 0.3) is 11.5 Å². The van der Waals surface area contributed by atoms with Gasteiger partial charge in [0.15, 0.2) is 0 Å². The first-order valence-corrected chi connectivity index (χ1v) is 11.9. The van der Waals surface area contributed by atoms with Crippen molar-refractivity contribution in [2.45, 2.75) is 26.4 Å². The number of hydrogen-bond acceptors (Lipinski definition) is 6. The van der Waals surface area contributed by atoms with Gasteiger partial charge in [0, 0.05) is 6.04 Å². The summed E-state index contributed by atoms with van der Waals surface area (Å²) in [5.41, 5.74) is 1.39. The molecule has 1 N–H and O–H groups in total. The Labute approximate surface area is 192 Å². The average molecular weight is 461 g/mol. The van der Waals surface area contributed by atoms with Crippen LogP contribution in [0.3, 0.4) is 0 Å². The summed E-state index contributed by atoms with van der Waals surface area (Å²) in [6, 6.07) is 18.9.